The van der Waals surface area contributed by atoms with E-state index in [9.17, 15) is 4.79 Å². The average Bonchev–Trinajstić information content (AvgIpc) is 2.45. The zero-order valence-electron chi connectivity index (χ0n) is 12.1. The molecule has 1 aliphatic heterocycles. The molecule has 0 bridgehead atoms. The van der Waals surface area contributed by atoms with Gasteiger partial charge in [0.1, 0.15) is 11.3 Å². The van der Waals surface area contributed by atoms with E-state index in [1.165, 1.54) is 0 Å². The topological polar surface area (TPSA) is 36.7 Å². The summed E-state index contributed by atoms with van der Waals surface area (Å²) < 4.78 is 5.80. The van der Waals surface area contributed by atoms with Crippen molar-refractivity contribution in [1.82, 2.24) is 9.80 Å². The Morgan fingerprint density at radius 1 is 1.15 bits per heavy atom. The highest BCUT2D eigenvalue weighted by Gasteiger charge is 2.18. The lowest BCUT2D eigenvalue weighted by Gasteiger charge is -2.32. The van der Waals surface area contributed by atoms with Crippen molar-refractivity contribution in [3.63, 3.8) is 0 Å². The molecule has 106 valence electrons. The molecule has 2 aromatic rings. The highest BCUT2D eigenvalue weighted by Crippen LogP contribution is 2.16. The Balaban J connectivity index is 1.93. The molecule has 20 heavy (non-hydrogen) atoms. The summed E-state index contributed by atoms with van der Waals surface area (Å²) in [5.74, 6) is 0.743. The molecular weight excluding hydrogens is 252 g/mol. The van der Waals surface area contributed by atoms with Gasteiger partial charge >= 0.3 is 0 Å². The summed E-state index contributed by atoms with van der Waals surface area (Å²) >= 11 is 0. The van der Waals surface area contributed by atoms with E-state index in [0.29, 0.717) is 17.5 Å². The van der Waals surface area contributed by atoms with E-state index in [2.05, 4.69) is 16.8 Å². The molecule has 1 aromatic carbocycles. The van der Waals surface area contributed by atoms with Crippen molar-refractivity contribution in [2.45, 2.75) is 13.5 Å². The van der Waals surface area contributed by atoms with Gasteiger partial charge in [0.2, 0.25) is 0 Å². The van der Waals surface area contributed by atoms with Crippen LogP contribution in [-0.4, -0.2) is 43.0 Å². The van der Waals surface area contributed by atoms with Gasteiger partial charge in [-0.2, -0.15) is 0 Å². The fourth-order valence-electron chi connectivity index (χ4n) is 2.70. The van der Waals surface area contributed by atoms with Gasteiger partial charge in [0, 0.05) is 32.7 Å². The SMILES string of the molecule is Cc1oc2ccccc2c(=O)c1CN1CCN(C)CC1. The van der Waals surface area contributed by atoms with Gasteiger partial charge < -0.3 is 9.32 Å². The first-order valence-electron chi connectivity index (χ1n) is 7.07. The largest absolute Gasteiger partial charge is 0.461 e. The molecular formula is C16H20N2O2. The second kappa shape index (κ2) is 5.38. The predicted octanol–water partition coefficient (Wildman–Crippen LogP) is 1.85. The highest BCUT2D eigenvalue weighted by molar-refractivity contribution is 5.77. The number of nitrogens with zero attached hydrogens (tertiary/aromatic N) is 2. The predicted molar refractivity (Wildman–Crippen MR) is 80.0 cm³/mol. The maximum absolute atomic E-state index is 12.6. The molecule has 0 saturated carbocycles. The average molecular weight is 272 g/mol. The number of piperazine rings is 1. The third-order valence-corrected chi connectivity index (χ3v) is 4.07. The van der Waals surface area contributed by atoms with Crippen molar-refractivity contribution in [1.29, 1.82) is 0 Å². The molecule has 2 heterocycles. The molecule has 0 N–H and O–H groups in total. The van der Waals surface area contributed by atoms with Crippen LogP contribution in [0.25, 0.3) is 11.0 Å². The van der Waals surface area contributed by atoms with Gasteiger partial charge in [0.25, 0.3) is 0 Å². The maximum atomic E-state index is 12.6. The van der Waals surface area contributed by atoms with Crippen LogP contribution in [0.15, 0.2) is 33.5 Å². The van der Waals surface area contributed by atoms with Crippen LogP contribution in [0.4, 0.5) is 0 Å². The molecule has 1 saturated heterocycles. The van der Waals surface area contributed by atoms with Gasteiger partial charge in [-0.1, -0.05) is 12.1 Å². The fraction of sp³-hybridized carbons (Fsp3) is 0.438. The second-order valence-corrected chi connectivity index (χ2v) is 5.54. The standard InChI is InChI=1S/C16H20N2O2/c1-12-14(11-18-9-7-17(2)8-10-18)16(19)13-5-3-4-6-15(13)20-12/h3-6H,7-11H2,1-2H3. The minimum Gasteiger partial charge on any atom is -0.461 e. The molecule has 1 aromatic heterocycles. The normalized spacial score (nSPS) is 17.7. The van der Waals surface area contributed by atoms with Crippen LogP contribution >= 0.6 is 0 Å². The number of fused-ring (bicyclic) bond motifs is 1. The van der Waals surface area contributed by atoms with Crippen molar-refractivity contribution in [2.75, 3.05) is 33.2 Å². The van der Waals surface area contributed by atoms with Gasteiger partial charge in [0.15, 0.2) is 5.43 Å². The molecule has 0 amide bonds. The van der Waals surface area contributed by atoms with Crippen LogP contribution in [0.5, 0.6) is 0 Å². The Hall–Kier alpha value is -1.65. The van der Waals surface area contributed by atoms with Crippen molar-refractivity contribution in [3.05, 3.63) is 45.8 Å². The highest BCUT2D eigenvalue weighted by atomic mass is 16.3. The lowest BCUT2D eigenvalue weighted by atomic mass is 10.1. The number of rotatable bonds is 2. The molecule has 0 aliphatic carbocycles. The van der Waals surface area contributed by atoms with E-state index in [-0.39, 0.29) is 5.43 Å². The maximum Gasteiger partial charge on any atom is 0.197 e. The molecule has 4 heteroatoms. The number of aryl methyl sites for hydroxylation is 1. The molecule has 1 aliphatic rings. The summed E-state index contributed by atoms with van der Waals surface area (Å²) in [6.07, 6.45) is 0. The Bertz CT molecular complexity index is 670. The monoisotopic (exact) mass is 272 g/mol. The Morgan fingerprint density at radius 2 is 1.85 bits per heavy atom. The van der Waals surface area contributed by atoms with E-state index in [4.69, 9.17) is 4.42 Å². The van der Waals surface area contributed by atoms with Crippen LogP contribution in [0, 0.1) is 6.92 Å². The van der Waals surface area contributed by atoms with Crippen molar-refractivity contribution >= 4 is 11.0 Å². The Morgan fingerprint density at radius 3 is 2.60 bits per heavy atom. The van der Waals surface area contributed by atoms with E-state index >= 15 is 0 Å². The lowest BCUT2D eigenvalue weighted by Crippen LogP contribution is -2.44. The number of hydrogen-bond acceptors (Lipinski definition) is 4. The first-order valence-corrected chi connectivity index (χ1v) is 7.07. The summed E-state index contributed by atoms with van der Waals surface area (Å²) in [4.78, 5) is 17.2. The minimum atomic E-state index is 0.114. The number of hydrogen-bond donors (Lipinski definition) is 0. The first-order chi connectivity index (χ1) is 9.65. The molecule has 4 nitrogen and oxygen atoms in total. The third kappa shape index (κ3) is 2.49. The van der Waals surface area contributed by atoms with Crippen LogP contribution in [0.3, 0.4) is 0 Å². The lowest BCUT2D eigenvalue weighted by molar-refractivity contribution is 0.147. The Kier molecular flexibility index (Phi) is 3.59. The number of benzene rings is 1. The van der Waals surface area contributed by atoms with Crippen LogP contribution in [-0.2, 0) is 6.54 Å². The van der Waals surface area contributed by atoms with Gasteiger partial charge in [-0.3, -0.25) is 9.69 Å². The zero-order chi connectivity index (χ0) is 14.1. The quantitative estimate of drug-likeness (QED) is 0.836. The van der Waals surface area contributed by atoms with Crippen molar-refractivity contribution in [2.24, 2.45) is 0 Å². The first kappa shape index (κ1) is 13.3. The van der Waals surface area contributed by atoms with E-state index in [0.717, 1.165) is 37.5 Å². The van der Waals surface area contributed by atoms with Crippen LogP contribution < -0.4 is 5.43 Å². The third-order valence-electron chi connectivity index (χ3n) is 4.07. The van der Waals surface area contributed by atoms with Gasteiger partial charge in [-0.05, 0) is 26.1 Å². The Labute approximate surface area is 118 Å². The molecule has 0 radical (unpaired) electrons. The number of likely N-dealkylation sites (N-methyl/N-ethyl adjacent to an activating group) is 1. The van der Waals surface area contributed by atoms with E-state index in [1.54, 1.807) is 0 Å². The molecule has 0 unspecified atom stereocenters. The van der Waals surface area contributed by atoms with E-state index < -0.39 is 0 Å². The van der Waals surface area contributed by atoms with Crippen molar-refractivity contribution in [3.8, 4) is 0 Å². The summed E-state index contributed by atoms with van der Waals surface area (Å²) in [5, 5.41) is 0.683. The summed E-state index contributed by atoms with van der Waals surface area (Å²) in [7, 11) is 2.13. The van der Waals surface area contributed by atoms with Crippen molar-refractivity contribution < 1.29 is 4.42 Å². The number of para-hydroxylation sites is 1. The molecule has 0 atom stereocenters. The van der Waals surface area contributed by atoms with Gasteiger partial charge in [-0.15, -0.1) is 0 Å². The second-order valence-electron chi connectivity index (χ2n) is 5.54. The van der Waals surface area contributed by atoms with E-state index in [1.807, 2.05) is 31.2 Å². The smallest absolute Gasteiger partial charge is 0.197 e. The minimum absolute atomic E-state index is 0.114. The molecule has 1 fully saturated rings. The summed E-state index contributed by atoms with van der Waals surface area (Å²) in [6.45, 7) is 6.69. The molecule has 3 rings (SSSR count). The van der Waals surface area contributed by atoms with Crippen LogP contribution in [0.1, 0.15) is 11.3 Å². The molecule has 0 spiro atoms. The van der Waals surface area contributed by atoms with Crippen LogP contribution in [0.2, 0.25) is 0 Å². The summed E-state index contributed by atoms with van der Waals surface area (Å²) in [6, 6.07) is 7.47. The zero-order valence-corrected chi connectivity index (χ0v) is 12.1. The van der Waals surface area contributed by atoms with Gasteiger partial charge in [0.05, 0.1) is 10.9 Å². The van der Waals surface area contributed by atoms with Gasteiger partial charge in [-0.25, -0.2) is 0 Å². The summed E-state index contributed by atoms with van der Waals surface area (Å²) in [5.41, 5.74) is 1.59. The fourth-order valence-corrected chi connectivity index (χ4v) is 2.70.